The van der Waals surface area contributed by atoms with Gasteiger partial charge in [0.15, 0.2) is 29.1 Å². The smallest absolute Gasteiger partial charge is 0.275 e. The molecule has 4 aromatic heterocycles. The Bertz CT molecular complexity index is 1220. The fourth-order valence-corrected chi connectivity index (χ4v) is 3.81. The first-order valence-corrected chi connectivity index (χ1v) is 10.1. The molecular weight excluding hydrogens is 398 g/mol. The third-order valence-corrected chi connectivity index (χ3v) is 5.36. The lowest BCUT2D eigenvalue weighted by Crippen LogP contribution is -2.32. The zero-order valence-corrected chi connectivity index (χ0v) is 17.2. The highest BCUT2D eigenvalue weighted by Crippen LogP contribution is 2.27. The highest BCUT2D eigenvalue weighted by atomic mass is 16.3. The standard InChI is InChI=1S/C20H21N9O2/c1-3-29-18(13-6-21-12(2)22-7-13)27-16-17(23-10-24-19(16)29)26-14-4-5-28(8-14)20(30)15-9-31-11-25-15/h6-7,9-11,14H,3-5,8H2,1-2H3,(H,23,24,26)/t14-/m0/s1. The van der Waals surface area contributed by atoms with Crippen molar-refractivity contribution in [1.82, 2.24) is 39.4 Å². The van der Waals surface area contributed by atoms with Crippen LogP contribution in [0.2, 0.25) is 0 Å². The molecule has 11 heteroatoms. The van der Waals surface area contributed by atoms with Crippen LogP contribution in [0.3, 0.4) is 0 Å². The molecule has 0 aliphatic carbocycles. The molecule has 0 spiro atoms. The Kier molecular flexibility index (Phi) is 4.77. The van der Waals surface area contributed by atoms with Crippen LogP contribution in [0.15, 0.2) is 35.8 Å². The predicted octanol–water partition coefficient (Wildman–Crippen LogP) is 1.93. The Morgan fingerprint density at radius 1 is 1.23 bits per heavy atom. The molecule has 1 aliphatic rings. The van der Waals surface area contributed by atoms with E-state index in [9.17, 15) is 4.79 Å². The normalized spacial score (nSPS) is 16.2. The number of imidazole rings is 1. The number of carbonyl (C=O) groups excluding carboxylic acids is 1. The number of oxazole rings is 1. The van der Waals surface area contributed by atoms with Crippen molar-refractivity contribution in [3.8, 4) is 11.4 Å². The Hall–Kier alpha value is -3.89. The maximum absolute atomic E-state index is 12.5. The summed E-state index contributed by atoms with van der Waals surface area (Å²) >= 11 is 0. The highest BCUT2D eigenvalue weighted by molar-refractivity contribution is 5.92. The van der Waals surface area contributed by atoms with Crippen molar-refractivity contribution in [2.24, 2.45) is 0 Å². The molecule has 1 fully saturated rings. The van der Waals surface area contributed by atoms with Gasteiger partial charge in [-0.25, -0.2) is 29.9 Å². The summed E-state index contributed by atoms with van der Waals surface area (Å²) < 4.78 is 6.94. The number of likely N-dealkylation sites (tertiary alicyclic amines) is 1. The van der Waals surface area contributed by atoms with Gasteiger partial charge in [-0.3, -0.25) is 4.79 Å². The molecule has 4 aromatic rings. The monoisotopic (exact) mass is 419 g/mol. The number of fused-ring (bicyclic) bond motifs is 1. The molecule has 0 unspecified atom stereocenters. The fourth-order valence-electron chi connectivity index (χ4n) is 3.81. The van der Waals surface area contributed by atoms with Crippen LogP contribution in [0.25, 0.3) is 22.6 Å². The lowest BCUT2D eigenvalue weighted by molar-refractivity contribution is 0.0786. The number of carbonyl (C=O) groups is 1. The van der Waals surface area contributed by atoms with E-state index in [1.54, 1.807) is 17.3 Å². The van der Waals surface area contributed by atoms with Crippen LogP contribution >= 0.6 is 0 Å². The van der Waals surface area contributed by atoms with E-state index in [-0.39, 0.29) is 11.9 Å². The van der Waals surface area contributed by atoms with Crippen molar-refractivity contribution in [2.45, 2.75) is 32.9 Å². The van der Waals surface area contributed by atoms with Crippen LogP contribution in [0.1, 0.15) is 29.7 Å². The van der Waals surface area contributed by atoms with Crippen LogP contribution < -0.4 is 5.32 Å². The Morgan fingerprint density at radius 3 is 2.81 bits per heavy atom. The van der Waals surface area contributed by atoms with Crippen molar-refractivity contribution in [2.75, 3.05) is 18.4 Å². The van der Waals surface area contributed by atoms with Gasteiger partial charge in [0.1, 0.15) is 24.2 Å². The molecule has 0 aromatic carbocycles. The molecule has 0 radical (unpaired) electrons. The predicted molar refractivity (Wildman–Crippen MR) is 111 cm³/mol. The van der Waals surface area contributed by atoms with Gasteiger partial charge in [0, 0.05) is 38.1 Å². The number of nitrogens with zero attached hydrogens (tertiary/aromatic N) is 8. The van der Waals surface area contributed by atoms with Crippen LogP contribution in [-0.4, -0.2) is 64.4 Å². The Labute approximate surface area is 177 Å². The van der Waals surface area contributed by atoms with E-state index in [1.807, 2.05) is 18.4 Å². The molecule has 31 heavy (non-hydrogen) atoms. The maximum Gasteiger partial charge on any atom is 0.275 e. The molecule has 1 N–H and O–H groups in total. The molecule has 1 aliphatic heterocycles. The second kappa shape index (κ2) is 7.74. The molecule has 5 rings (SSSR count). The number of amides is 1. The summed E-state index contributed by atoms with van der Waals surface area (Å²) in [5, 5.41) is 3.44. The largest absolute Gasteiger partial charge is 0.451 e. The van der Waals surface area contributed by atoms with E-state index in [0.717, 1.165) is 23.5 Å². The minimum absolute atomic E-state index is 0.0480. The van der Waals surface area contributed by atoms with Crippen LogP contribution in [0.4, 0.5) is 5.82 Å². The van der Waals surface area contributed by atoms with Crippen molar-refractivity contribution in [1.29, 1.82) is 0 Å². The summed E-state index contributed by atoms with van der Waals surface area (Å²) in [5.41, 5.74) is 2.56. The first-order valence-electron chi connectivity index (χ1n) is 10.1. The van der Waals surface area contributed by atoms with Gasteiger partial charge in [-0.1, -0.05) is 0 Å². The number of hydrogen-bond donors (Lipinski definition) is 1. The summed E-state index contributed by atoms with van der Waals surface area (Å²) in [6.07, 6.45) is 8.48. The second-order valence-electron chi connectivity index (χ2n) is 7.35. The van der Waals surface area contributed by atoms with Gasteiger partial charge in [0.2, 0.25) is 0 Å². The summed E-state index contributed by atoms with van der Waals surface area (Å²) in [6.45, 7) is 5.76. The van der Waals surface area contributed by atoms with Crippen LogP contribution in [0.5, 0.6) is 0 Å². The van der Waals surface area contributed by atoms with Crippen molar-refractivity contribution in [3.05, 3.63) is 42.9 Å². The van der Waals surface area contributed by atoms with Crippen LogP contribution in [0, 0.1) is 6.92 Å². The van der Waals surface area contributed by atoms with E-state index in [2.05, 4.69) is 30.2 Å². The molecule has 11 nitrogen and oxygen atoms in total. The van der Waals surface area contributed by atoms with Gasteiger partial charge < -0.3 is 19.2 Å². The second-order valence-corrected chi connectivity index (χ2v) is 7.35. The summed E-state index contributed by atoms with van der Waals surface area (Å²) in [5.74, 6) is 1.96. The third-order valence-electron chi connectivity index (χ3n) is 5.36. The number of anilines is 1. The number of nitrogens with one attached hydrogen (secondary N) is 1. The average molecular weight is 419 g/mol. The van der Waals surface area contributed by atoms with E-state index >= 15 is 0 Å². The fraction of sp³-hybridized carbons (Fsp3) is 0.350. The number of aromatic nitrogens is 7. The van der Waals surface area contributed by atoms with E-state index < -0.39 is 0 Å². The third kappa shape index (κ3) is 3.47. The molecule has 5 heterocycles. The van der Waals surface area contributed by atoms with E-state index in [1.165, 1.54) is 19.0 Å². The summed E-state index contributed by atoms with van der Waals surface area (Å²) in [6, 6.07) is 0.0480. The molecular formula is C20H21N9O2. The van der Waals surface area contributed by atoms with Crippen molar-refractivity contribution < 1.29 is 9.21 Å². The van der Waals surface area contributed by atoms with Crippen LogP contribution in [-0.2, 0) is 6.54 Å². The lowest BCUT2D eigenvalue weighted by atomic mass is 10.2. The van der Waals surface area contributed by atoms with Crippen molar-refractivity contribution in [3.63, 3.8) is 0 Å². The highest BCUT2D eigenvalue weighted by Gasteiger charge is 2.29. The van der Waals surface area contributed by atoms with Gasteiger partial charge in [0.05, 0.1) is 5.56 Å². The Balaban J connectivity index is 1.42. The maximum atomic E-state index is 12.5. The first-order chi connectivity index (χ1) is 15.1. The number of aryl methyl sites for hydroxylation is 2. The zero-order valence-electron chi connectivity index (χ0n) is 17.2. The van der Waals surface area contributed by atoms with E-state index in [0.29, 0.717) is 42.5 Å². The topological polar surface area (TPSA) is 128 Å². The summed E-state index contributed by atoms with van der Waals surface area (Å²) in [4.78, 5) is 40.5. The quantitative estimate of drug-likeness (QED) is 0.516. The van der Waals surface area contributed by atoms with Gasteiger partial charge in [-0.2, -0.15) is 0 Å². The minimum Gasteiger partial charge on any atom is -0.451 e. The van der Waals surface area contributed by atoms with Gasteiger partial charge in [-0.15, -0.1) is 0 Å². The molecule has 0 bridgehead atoms. The summed E-state index contributed by atoms with van der Waals surface area (Å²) in [7, 11) is 0. The molecule has 0 saturated carbocycles. The SMILES string of the molecule is CCn1c(-c2cnc(C)nc2)nc2c(N[C@H]3CCN(C(=O)c4cocn4)C3)ncnc21. The van der Waals surface area contributed by atoms with Crippen molar-refractivity contribution >= 4 is 22.9 Å². The van der Waals surface area contributed by atoms with E-state index in [4.69, 9.17) is 9.40 Å². The first kappa shape index (κ1) is 19.1. The minimum atomic E-state index is -0.136. The molecule has 1 saturated heterocycles. The van der Waals surface area contributed by atoms with Gasteiger partial charge in [-0.05, 0) is 20.3 Å². The number of rotatable bonds is 5. The van der Waals surface area contributed by atoms with Gasteiger partial charge in [0.25, 0.3) is 5.91 Å². The van der Waals surface area contributed by atoms with Gasteiger partial charge >= 0.3 is 0 Å². The average Bonchev–Trinajstić information content (AvgIpc) is 3.54. The Morgan fingerprint density at radius 2 is 2.06 bits per heavy atom. The molecule has 158 valence electrons. The molecule has 1 atom stereocenters. The lowest BCUT2D eigenvalue weighted by Gasteiger charge is -2.16. The zero-order chi connectivity index (χ0) is 21.4. The molecule has 1 amide bonds. The number of hydrogen-bond acceptors (Lipinski definition) is 9.